The number of rotatable bonds is 2. The second-order valence-corrected chi connectivity index (χ2v) is 9.17. The second-order valence-electron chi connectivity index (χ2n) is 9.17. The van der Waals surface area contributed by atoms with Gasteiger partial charge in [0.1, 0.15) is 11.2 Å². The van der Waals surface area contributed by atoms with Gasteiger partial charge in [0.15, 0.2) is 16.9 Å². The maximum Gasteiger partial charge on any atom is 0.263 e. The molecule has 3 aromatic heterocycles. The van der Waals surface area contributed by atoms with Gasteiger partial charge in [0.05, 0.1) is 0 Å². The highest BCUT2D eigenvalue weighted by atomic mass is 16.4. The van der Waals surface area contributed by atoms with Gasteiger partial charge in [0.2, 0.25) is 0 Å². The van der Waals surface area contributed by atoms with Crippen LogP contribution in [0.15, 0.2) is 87.8 Å². The molecule has 4 heteroatoms. The smallest absolute Gasteiger partial charge is 0.263 e. The Balaban J connectivity index is 1.56. The van der Waals surface area contributed by atoms with Gasteiger partial charge >= 0.3 is 0 Å². The van der Waals surface area contributed by atoms with Crippen LogP contribution in [-0.4, -0.2) is 9.97 Å². The molecular formula is C28H22N2O2. The van der Waals surface area contributed by atoms with Gasteiger partial charge < -0.3 is 8.83 Å². The highest BCUT2D eigenvalue weighted by Gasteiger charge is 2.21. The normalized spacial score (nSPS) is 12.2. The minimum atomic E-state index is -0.00394. The number of nitrogens with zero attached hydrogens (tertiary/aromatic N) is 2. The molecule has 0 aliphatic heterocycles. The zero-order valence-corrected chi connectivity index (χ0v) is 18.2. The van der Waals surface area contributed by atoms with Crippen LogP contribution in [0.2, 0.25) is 0 Å². The molecule has 0 aliphatic rings. The molecular weight excluding hydrogens is 396 g/mol. The fraction of sp³-hybridized carbons (Fsp3) is 0.143. The van der Waals surface area contributed by atoms with Crippen molar-refractivity contribution < 1.29 is 8.83 Å². The van der Waals surface area contributed by atoms with Gasteiger partial charge in [0, 0.05) is 17.1 Å². The lowest BCUT2D eigenvalue weighted by Gasteiger charge is -2.22. The van der Waals surface area contributed by atoms with Gasteiger partial charge in [0.25, 0.3) is 5.89 Å². The molecule has 156 valence electrons. The molecule has 6 rings (SSSR count). The Morgan fingerprint density at radius 2 is 1.59 bits per heavy atom. The largest absolute Gasteiger partial charge is 0.449 e. The first-order valence-electron chi connectivity index (χ1n) is 10.8. The first-order valence-corrected chi connectivity index (χ1v) is 10.8. The van der Waals surface area contributed by atoms with Gasteiger partial charge in [-0.25, -0.2) is 4.98 Å². The minimum absolute atomic E-state index is 0.00394. The monoisotopic (exact) mass is 418 g/mol. The predicted octanol–water partition coefficient (Wildman–Crippen LogP) is 7.75. The highest BCUT2D eigenvalue weighted by Crippen LogP contribution is 2.38. The summed E-state index contributed by atoms with van der Waals surface area (Å²) in [5, 5.41) is 3.43. The van der Waals surface area contributed by atoms with Gasteiger partial charge in [-0.05, 0) is 58.1 Å². The zero-order valence-electron chi connectivity index (χ0n) is 18.2. The molecule has 0 fully saturated rings. The Morgan fingerprint density at radius 3 is 2.44 bits per heavy atom. The molecule has 0 amide bonds. The zero-order chi connectivity index (χ0) is 21.9. The lowest BCUT2D eigenvalue weighted by molar-refractivity contribution is 0.559. The van der Waals surface area contributed by atoms with Crippen LogP contribution in [-0.2, 0) is 5.41 Å². The van der Waals surface area contributed by atoms with Gasteiger partial charge in [-0.1, -0.05) is 57.2 Å². The van der Waals surface area contributed by atoms with Gasteiger partial charge in [-0.3, -0.25) is 4.98 Å². The van der Waals surface area contributed by atoms with E-state index in [1.807, 2.05) is 42.6 Å². The first kappa shape index (κ1) is 18.8. The summed E-state index contributed by atoms with van der Waals surface area (Å²) in [6.07, 6.45) is 1.83. The summed E-state index contributed by atoms with van der Waals surface area (Å²) in [7, 11) is 0. The summed E-state index contributed by atoms with van der Waals surface area (Å²) >= 11 is 0. The number of hydrogen-bond acceptors (Lipinski definition) is 4. The summed E-state index contributed by atoms with van der Waals surface area (Å²) < 4.78 is 12.2. The molecule has 0 radical (unpaired) electrons. The van der Waals surface area contributed by atoms with E-state index in [-0.39, 0.29) is 5.41 Å². The summed E-state index contributed by atoms with van der Waals surface area (Å²) in [6.45, 7) is 6.72. The number of hydrogen-bond donors (Lipinski definition) is 0. The molecule has 0 aliphatic carbocycles. The molecule has 0 atom stereocenters. The van der Waals surface area contributed by atoms with Crippen LogP contribution in [0.3, 0.4) is 0 Å². The third kappa shape index (κ3) is 2.99. The van der Waals surface area contributed by atoms with Crippen molar-refractivity contribution in [1.29, 1.82) is 0 Å². The fourth-order valence-corrected chi connectivity index (χ4v) is 4.32. The van der Waals surface area contributed by atoms with E-state index in [4.69, 9.17) is 13.8 Å². The Bertz CT molecular complexity index is 1580. The molecule has 0 unspecified atom stereocenters. The van der Waals surface area contributed by atoms with Crippen molar-refractivity contribution >= 4 is 32.8 Å². The third-order valence-electron chi connectivity index (χ3n) is 5.88. The standard InChI is InChI=1S/C28H22N2O2/c1-28(2,3)21-15-19(14-17-8-4-5-9-20(17)21)25-26-18(12-13-29-25)16-24(31-26)27-30-22-10-6-7-11-23(22)32-27/h4-16H,1-3H3. The third-order valence-corrected chi connectivity index (χ3v) is 5.88. The summed E-state index contributed by atoms with van der Waals surface area (Å²) in [5.74, 6) is 1.07. The SMILES string of the molecule is CC(C)(C)c1cc(-c2nccc3cc(-c4nc5ccccc5o4)oc23)cc2ccccc12. The van der Waals surface area contributed by atoms with E-state index in [9.17, 15) is 0 Å². The number of aromatic nitrogens is 2. The molecule has 4 nitrogen and oxygen atoms in total. The number of benzene rings is 3. The average Bonchev–Trinajstić information content (AvgIpc) is 3.41. The molecule has 0 bridgehead atoms. The van der Waals surface area contributed by atoms with Crippen molar-refractivity contribution in [2.45, 2.75) is 26.2 Å². The summed E-state index contributed by atoms with van der Waals surface area (Å²) in [5.41, 5.74) is 5.43. The molecule has 0 saturated heterocycles. The van der Waals surface area contributed by atoms with Gasteiger partial charge in [-0.2, -0.15) is 0 Å². The fourth-order valence-electron chi connectivity index (χ4n) is 4.32. The Labute approximate surface area is 185 Å². The topological polar surface area (TPSA) is 52.1 Å². The molecule has 0 saturated carbocycles. The molecule has 32 heavy (non-hydrogen) atoms. The average molecular weight is 418 g/mol. The number of pyridine rings is 1. The van der Waals surface area contributed by atoms with Crippen molar-refractivity contribution in [3.8, 4) is 22.9 Å². The number of furan rings is 1. The summed E-state index contributed by atoms with van der Waals surface area (Å²) in [6, 6.07) is 24.6. The van der Waals surface area contributed by atoms with Crippen molar-refractivity contribution in [3.05, 3.63) is 84.6 Å². The maximum absolute atomic E-state index is 6.29. The van der Waals surface area contributed by atoms with E-state index >= 15 is 0 Å². The lowest BCUT2D eigenvalue weighted by atomic mass is 9.82. The second kappa shape index (κ2) is 6.79. The van der Waals surface area contributed by atoms with E-state index in [1.54, 1.807) is 0 Å². The van der Waals surface area contributed by atoms with E-state index in [1.165, 1.54) is 16.3 Å². The van der Waals surface area contributed by atoms with Crippen molar-refractivity contribution in [2.24, 2.45) is 0 Å². The van der Waals surface area contributed by atoms with Crippen molar-refractivity contribution in [2.75, 3.05) is 0 Å². The van der Waals surface area contributed by atoms with E-state index < -0.39 is 0 Å². The Morgan fingerprint density at radius 1 is 0.781 bits per heavy atom. The first-order chi connectivity index (χ1) is 15.5. The molecule has 0 N–H and O–H groups in total. The molecule has 0 spiro atoms. The van der Waals surface area contributed by atoms with Crippen LogP contribution in [0.1, 0.15) is 26.3 Å². The van der Waals surface area contributed by atoms with E-state index in [2.05, 4.69) is 62.2 Å². The van der Waals surface area contributed by atoms with E-state index in [0.29, 0.717) is 11.7 Å². The molecule has 6 aromatic rings. The summed E-state index contributed by atoms with van der Waals surface area (Å²) in [4.78, 5) is 9.30. The lowest BCUT2D eigenvalue weighted by Crippen LogP contribution is -2.12. The van der Waals surface area contributed by atoms with Crippen molar-refractivity contribution in [1.82, 2.24) is 9.97 Å². The maximum atomic E-state index is 6.29. The minimum Gasteiger partial charge on any atom is -0.449 e. The van der Waals surface area contributed by atoms with Gasteiger partial charge in [-0.15, -0.1) is 0 Å². The van der Waals surface area contributed by atoms with Crippen LogP contribution in [0.5, 0.6) is 0 Å². The van der Waals surface area contributed by atoms with Crippen LogP contribution in [0, 0.1) is 0 Å². The number of fused-ring (bicyclic) bond motifs is 3. The van der Waals surface area contributed by atoms with E-state index in [0.717, 1.165) is 33.3 Å². The van der Waals surface area contributed by atoms with Crippen LogP contribution in [0.25, 0.3) is 55.7 Å². The van der Waals surface area contributed by atoms with Crippen molar-refractivity contribution in [3.63, 3.8) is 0 Å². The van der Waals surface area contributed by atoms with Crippen LogP contribution < -0.4 is 0 Å². The Hall–Kier alpha value is -3.92. The molecule has 3 aromatic carbocycles. The number of para-hydroxylation sites is 2. The van der Waals surface area contributed by atoms with Crippen LogP contribution >= 0.6 is 0 Å². The quantitative estimate of drug-likeness (QED) is 0.288. The molecule has 3 heterocycles. The highest BCUT2D eigenvalue weighted by molar-refractivity contribution is 5.97. The van der Waals surface area contributed by atoms with Crippen LogP contribution in [0.4, 0.5) is 0 Å². The number of oxazole rings is 1. The predicted molar refractivity (Wildman–Crippen MR) is 129 cm³/mol. The Kier molecular flexibility index (Phi) is 3.99.